The molecule has 7 heteroatoms. The van der Waals surface area contributed by atoms with E-state index in [1.54, 1.807) is 0 Å². The van der Waals surface area contributed by atoms with Gasteiger partial charge in [0.1, 0.15) is 0 Å². The number of nitrogens with zero attached hydrogens (tertiary/aromatic N) is 2. The summed E-state index contributed by atoms with van der Waals surface area (Å²) in [7, 11) is 0. The molecular formula is C24H26N4O2S. The van der Waals surface area contributed by atoms with Crippen molar-refractivity contribution in [2.24, 2.45) is 0 Å². The quantitative estimate of drug-likeness (QED) is 0.401. The molecule has 0 radical (unpaired) electrons. The Bertz CT molecular complexity index is 1170. The lowest BCUT2D eigenvalue weighted by Gasteiger charge is -2.18. The van der Waals surface area contributed by atoms with Gasteiger partial charge in [-0.05, 0) is 41.2 Å². The van der Waals surface area contributed by atoms with Crippen LogP contribution in [0.4, 0.5) is 0 Å². The van der Waals surface area contributed by atoms with Crippen molar-refractivity contribution in [3.05, 3.63) is 65.9 Å². The topological polar surface area (TPSA) is 83.8 Å². The van der Waals surface area contributed by atoms with Crippen molar-refractivity contribution in [1.29, 1.82) is 0 Å². The minimum absolute atomic E-state index is 0.0564. The van der Waals surface area contributed by atoms with Crippen LogP contribution in [-0.4, -0.2) is 33.4 Å². The van der Waals surface area contributed by atoms with Crippen LogP contribution >= 0.6 is 11.8 Å². The predicted molar refractivity (Wildman–Crippen MR) is 124 cm³/mol. The third-order valence-corrected chi connectivity index (χ3v) is 5.94. The van der Waals surface area contributed by atoms with Crippen LogP contribution in [0.1, 0.15) is 31.9 Å². The smallest absolute Gasteiger partial charge is 0.277 e. The van der Waals surface area contributed by atoms with Gasteiger partial charge in [0.2, 0.25) is 11.8 Å². The van der Waals surface area contributed by atoms with Crippen molar-refractivity contribution in [2.45, 2.75) is 37.8 Å². The van der Waals surface area contributed by atoms with Crippen LogP contribution in [-0.2, 0) is 16.6 Å². The largest absolute Gasteiger partial charge is 0.411 e. The normalized spacial score (nSPS) is 11.7. The second kappa shape index (κ2) is 8.98. The molecule has 1 amide bonds. The van der Waals surface area contributed by atoms with Gasteiger partial charge in [0.15, 0.2) is 0 Å². The van der Waals surface area contributed by atoms with E-state index < -0.39 is 0 Å². The fraction of sp³-hybridized carbons (Fsp3) is 0.292. The van der Waals surface area contributed by atoms with E-state index in [0.717, 1.165) is 17.5 Å². The van der Waals surface area contributed by atoms with E-state index >= 15 is 0 Å². The van der Waals surface area contributed by atoms with E-state index in [4.69, 9.17) is 4.42 Å². The van der Waals surface area contributed by atoms with Crippen LogP contribution in [0, 0.1) is 0 Å². The molecule has 4 aromatic rings. The molecule has 2 heterocycles. The molecule has 0 bridgehead atoms. The number of carbonyl (C=O) groups excluding carboxylic acids is 1. The first-order valence-corrected chi connectivity index (χ1v) is 11.3. The van der Waals surface area contributed by atoms with Crippen molar-refractivity contribution >= 4 is 28.6 Å². The summed E-state index contributed by atoms with van der Waals surface area (Å²) in [5.74, 6) is 0.639. The van der Waals surface area contributed by atoms with E-state index in [1.165, 1.54) is 28.3 Å². The number of thioether (sulfide) groups is 1. The number of H-pyrrole nitrogens is 1. The standard InChI is InChI=1S/C24H26N4O2S/c1-24(2,3)18-10-8-16(9-11-18)22-27-28-23(30-22)31-15-21(29)25-13-12-17-14-26-20-7-5-4-6-19(17)20/h4-11,14,26H,12-13,15H2,1-3H3,(H,25,29). The van der Waals surface area contributed by atoms with Gasteiger partial charge in [-0.25, -0.2) is 0 Å². The summed E-state index contributed by atoms with van der Waals surface area (Å²) in [5, 5.41) is 12.7. The predicted octanol–water partition coefficient (Wildman–Crippen LogP) is 4.97. The van der Waals surface area contributed by atoms with Gasteiger partial charge >= 0.3 is 0 Å². The number of aromatic nitrogens is 3. The molecule has 0 spiro atoms. The first kappa shape index (κ1) is 21.2. The Morgan fingerprint density at radius 2 is 1.87 bits per heavy atom. The van der Waals surface area contributed by atoms with Gasteiger partial charge in [0.25, 0.3) is 5.22 Å². The number of para-hydroxylation sites is 1. The van der Waals surface area contributed by atoms with Crippen LogP contribution in [0.15, 0.2) is 64.4 Å². The van der Waals surface area contributed by atoms with Crippen molar-refractivity contribution < 1.29 is 9.21 Å². The summed E-state index contributed by atoms with van der Waals surface area (Å²) in [4.78, 5) is 15.4. The molecule has 0 aliphatic heterocycles. The van der Waals surface area contributed by atoms with Crippen LogP contribution < -0.4 is 5.32 Å². The highest BCUT2D eigenvalue weighted by molar-refractivity contribution is 7.99. The minimum Gasteiger partial charge on any atom is -0.411 e. The van der Waals surface area contributed by atoms with Crippen LogP contribution in [0.25, 0.3) is 22.4 Å². The van der Waals surface area contributed by atoms with E-state index in [1.807, 2.05) is 36.5 Å². The van der Waals surface area contributed by atoms with Crippen LogP contribution in [0.2, 0.25) is 0 Å². The molecule has 6 nitrogen and oxygen atoms in total. The van der Waals surface area contributed by atoms with Crippen molar-refractivity contribution in [2.75, 3.05) is 12.3 Å². The summed E-state index contributed by atoms with van der Waals surface area (Å²) in [5.41, 5.74) is 4.52. The molecule has 31 heavy (non-hydrogen) atoms. The number of fused-ring (bicyclic) bond motifs is 1. The Labute approximate surface area is 185 Å². The van der Waals surface area contributed by atoms with Crippen LogP contribution in [0.5, 0.6) is 0 Å². The second-order valence-corrected chi connectivity index (χ2v) is 9.38. The summed E-state index contributed by atoms with van der Waals surface area (Å²) < 4.78 is 5.71. The zero-order chi connectivity index (χ0) is 21.8. The summed E-state index contributed by atoms with van der Waals surface area (Å²) >= 11 is 1.24. The molecule has 0 atom stereocenters. The highest BCUT2D eigenvalue weighted by Crippen LogP contribution is 2.27. The van der Waals surface area contributed by atoms with Gasteiger partial charge < -0.3 is 14.7 Å². The average Bonchev–Trinajstić information content (AvgIpc) is 3.39. The molecule has 2 aromatic heterocycles. The molecule has 0 aliphatic rings. The first-order chi connectivity index (χ1) is 14.9. The number of hydrogen-bond acceptors (Lipinski definition) is 5. The first-order valence-electron chi connectivity index (χ1n) is 10.3. The Balaban J connectivity index is 1.26. The molecule has 160 valence electrons. The van der Waals surface area contributed by atoms with Gasteiger partial charge in [-0.1, -0.05) is 62.9 Å². The third-order valence-electron chi connectivity index (χ3n) is 5.12. The molecule has 0 saturated carbocycles. The number of carbonyl (C=O) groups is 1. The molecule has 0 fully saturated rings. The Morgan fingerprint density at radius 1 is 1.10 bits per heavy atom. The maximum atomic E-state index is 12.2. The molecule has 2 N–H and O–H groups in total. The maximum Gasteiger partial charge on any atom is 0.277 e. The number of hydrogen-bond donors (Lipinski definition) is 2. The zero-order valence-corrected chi connectivity index (χ0v) is 18.8. The van der Waals surface area contributed by atoms with E-state index in [0.29, 0.717) is 17.7 Å². The van der Waals surface area contributed by atoms with E-state index in [9.17, 15) is 4.79 Å². The highest BCUT2D eigenvalue weighted by Gasteiger charge is 2.15. The van der Waals surface area contributed by atoms with Gasteiger partial charge in [0.05, 0.1) is 5.75 Å². The molecule has 0 saturated heterocycles. The van der Waals surface area contributed by atoms with Crippen molar-refractivity contribution in [3.8, 4) is 11.5 Å². The monoisotopic (exact) mass is 434 g/mol. The number of aromatic amines is 1. The van der Waals surface area contributed by atoms with Gasteiger partial charge in [-0.2, -0.15) is 0 Å². The molecule has 0 unspecified atom stereocenters. The number of rotatable bonds is 7. The van der Waals surface area contributed by atoms with Crippen LogP contribution in [0.3, 0.4) is 0 Å². The number of amides is 1. The average molecular weight is 435 g/mol. The number of benzene rings is 2. The second-order valence-electron chi connectivity index (χ2n) is 8.45. The van der Waals surface area contributed by atoms with Crippen molar-refractivity contribution in [3.63, 3.8) is 0 Å². The summed E-state index contributed by atoms with van der Waals surface area (Å²) in [6.45, 7) is 7.11. The molecular weight excluding hydrogens is 408 g/mol. The lowest BCUT2D eigenvalue weighted by atomic mass is 9.87. The van der Waals surface area contributed by atoms with E-state index in [2.05, 4.69) is 59.5 Å². The number of nitrogens with one attached hydrogen (secondary N) is 2. The van der Waals surface area contributed by atoms with Crippen molar-refractivity contribution in [1.82, 2.24) is 20.5 Å². The molecule has 4 rings (SSSR count). The SMILES string of the molecule is CC(C)(C)c1ccc(-c2nnc(SCC(=O)NCCc3c[nH]c4ccccc34)o2)cc1. The summed E-state index contributed by atoms with van der Waals surface area (Å²) in [6, 6.07) is 16.3. The fourth-order valence-corrected chi connectivity index (χ4v) is 3.94. The summed E-state index contributed by atoms with van der Waals surface area (Å²) in [6.07, 6.45) is 2.77. The maximum absolute atomic E-state index is 12.2. The lowest BCUT2D eigenvalue weighted by molar-refractivity contribution is -0.118. The van der Waals surface area contributed by atoms with Gasteiger partial charge in [-0.15, -0.1) is 10.2 Å². The van der Waals surface area contributed by atoms with Gasteiger partial charge in [0, 0.05) is 29.2 Å². The minimum atomic E-state index is -0.0564. The zero-order valence-electron chi connectivity index (χ0n) is 17.9. The Kier molecular flexibility index (Phi) is 6.13. The molecule has 2 aromatic carbocycles. The van der Waals surface area contributed by atoms with E-state index in [-0.39, 0.29) is 17.1 Å². The third kappa shape index (κ3) is 5.17. The fourth-order valence-electron chi connectivity index (χ4n) is 3.35. The Morgan fingerprint density at radius 3 is 2.65 bits per heavy atom. The molecule has 0 aliphatic carbocycles. The highest BCUT2D eigenvalue weighted by atomic mass is 32.2. The van der Waals surface area contributed by atoms with Gasteiger partial charge in [-0.3, -0.25) is 4.79 Å². The Hall–Kier alpha value is -3.06. The lowest BCUT2D eigenvalue weighted by Crippen LogP contribution is -2.27.